The van der Waals surface area contributed by atoms with Crippen LogP contribution in [-0.2, 0) is 11.8 Å². The van der Waals surface area contributed by atoms with E-state index >= 15 is 0 Å². The Morgan fingerprint density at radius 3 is 2.54 bits per heavy atom. The molecule has 2 aromatic rings. The molecule has 0 bridgehead atoms. The quantitative estimate of drug-likeness (QED) is 0.848. The number of benzene rings is 1. The number of hydrogen-bond acceptors (Lipinski definition) is 5. The van der Waals surface area contributed by atoms with Gasteiger partial charge in [-0.2, -0.15) is 0 Å². The fraction of sp³-hybridized carbons (Fsp3) is 0.476. The molecule has 0 unspecified atom stereocenters. The number of piperidine rings is 1. The van der Waals surface area contributed by atoms with Gasteiger partial charge in [-0.25, -0.2) is 4.98 Å². The Hall–Kier alpha value is -2.83. The Bertz CT molecular complexity index is 941. The van der Waals surface area contributed by atoms with E-state index in [9.17, 15) is 9.59 Å². The normalized spacial score (nSPS) is 17.8. The number of rotatable bonds is 3. The Morgan fingerprint density at radius 2 is 1.89 bits per heavy atom. The van der Waals surface area contributed by atoms with E-state index in [-0.39, 0.29) is 28.9 Å². The highest BCUT2D eigenvalue weighted by molar-refractivity contribution is 5.94. The Labute approximate surface area is 163 Å². The minimum atomic E-state index is -0.135. The number of nitrogen functional groups attached to an aromatic ring is 1. The Kier molecular flexibility index (Phi) is 4.61. The smallest absolute Gasteiger partial charge is 0.255 e. The topological polar surface area (TPSA) is 101 Å². The number of likely N-dealkylation sites (tertiary alicyclic amines) is 1. The number of fused-ring (bicyclic) bond motifs is 2. The van der Waals surface area contributed by atoms with Gasteiger partial charge in [-0.3, -0.25) is 14.6 Å². The summed E-state index contributed by atoms with van der Waals surface area (Å²) in [5, 5.41) is 0. The van der Waals surface area contributed by atoms with E-state index < -0.39 is 0 Å². The molecule has 0 radical (unpaired) electrons. The predicted octanol–water partition coefficient (Wildman–Crippen LogP) is 2.26. The lowest BCUT2D eigenvalue weighted by Crippen LogP contribution is -2.44. The lowest BCUT2D eigenvalue weighted by atomic mass is 9.76. The molecular formula is C21H26N4O3. The van der Waals surface area contributed by atoms with E-state index in [2.05, 4.69) is 9.97 Å². The van der Waals surface area contributed by atoms with Crippen LogP contribution in [0.25, 0.3) is 0 Å². The molecule has 148 valence electrons. The van der Waals surface area contributed by atoms with Crippen molar-refractivity contribution in [3.05, 3.63) is 51.4 Å². The van der Waals surface area contributed by atoms with Crippen LogP contribution in [0.1, 0.15) is 54.7 Å². The van der Waals surface area contributed by atoms with Crippen LogP contribution < -0.4 is 16.0 Å². The summed E-state index contributed by atoms with van der Waals surface area (Å²) in [7, 11) is 0. The Balaban J connectivity index is 1.47. The minimum absolute atomic E-state index is 0.0301. The maximum absolute atomic E-state index is 12.9. The standard InChI is InChI=1S/C21H26N4O3/c1-13(2)28-15-5-3-14(4-6-15)19(27)25-11-9-21(10-12-25)8-7-16-17(21)23-20(22)24-18(16)26/h3-6,13H,7-12H2,1-2H3,(H3,22,23,24,26). The summed E-state index contributed by atoms with van der Waals surface area (Å²) in [6.45, 7) is 5.24. The number of nitrogens with zero attached hydrogens (tertiary/aromatic N) is 2. The first-order chi connectivity index (χ1) is 13.4. The number of ether oxygens (including phenoxy) is 1. The van der Waals surface area contributed by atoms with Gasteiger partial charge in [-0.1, -0.05) is 0 Å². The number of aromatic amines is 1. The number of aromatic nitrogens is 2. The van der Waals surface area contributed by atoms with E-state index in [0.29, 0.717) is 18.7 Å². The van der Waals surface area contributed by atoms with Gasteiger partial charge in [-0.15, -0.1) is 0 Å². The molecule has 1 aliphatic heterocycles. The van der Waals surface area contributed by atoms with Gasteiger partial charge in [0.25, 0.3) is 11.5 Å². The highest BCUT2D eigenvalue weighted by atomic mass is 16.5. The molecular weight excluding hydrogens is 356 g/mol. The van der Waals surface area contributed by atoms with Crippen LogP contribution in [0, 0.1) is 0 Å². The number of carbonyl (C=O) groups excluding carboxylic acids is 1. The van der Waals surface area contributed by atoms with Crippen LogP contribution in [0.2, 0.25) is 0 Å². The highest BCUT2D eigenvalue weighted by Gasteiger charge is 2.44. The van der Waals surface area contributed by atoms with Gasteiger partial charge in [0, 0.05) is 29.6 Å². The molecule has 1 amide bonds. The average molecular weight is 382 g/mol. The summed E-state index contributed by atoms with van der Waals surface area (Å²) < 4.78 is 5.64. The number of nitrogens with one attached hydrogen (secondary N) is 1. The largest absolute Gasteiger partial charge is 0.491 e. The zero-order valence-corrected chi connectivity index (χ0v) is 16.3. The fourth-order valence-corrected chi connectivity index (χ4v) is 4.42. The van der Waals surface area contributed by atoms with E-state index in [1.165, 1.54) is 0 Å². The van der Waals surface area contributed by atoms with Gasteiger partial charge < -0.3 is 15.4 Å². The van der Waals surface area contributed by atoms with Crippen molar-refractivity contribution in [2.75, 3.05) is 18.8 Å². The highest BCUT2D eigenvalue weighted by Crippen LogP contribution is 2.44. The van der Waals surface area contributed by atoms with Crippen molar-refractivity contribution in [2.45, 2.75) is 51.0 Å². The second kappa shape index (κ2) is 6.96. The number of nitrogens with two attached hydrogens (primary N) is 1. The number of amides is 1. The first kappa shape index (κ1) is 18.5. The predicted molar refractivity (Wildman–Crippen MR) is 107 cm³/mol. The minimum Gasteiger partial charge on any atom is -0.491 e. The molecule has 1 aliphatic carbocycles. The van der Waals surface area contributed by atoms with Gasteiger partial charge in [0.2, 0.25) is 5.95 Å². The number of carbonyl (C=O) groups is 1. The third-order valence-electron chi connectivity index (χ3n) is 5.87. The van der Waals surface area contributed by atoms with E-state index in [1.54, 1.807) is 0 Å². The van der Waals surface area contributed by atoms with Crippen LogP contribution >= 0.6 is 0 Å². The van der Waals surface area contributed by atoms with Gasteiger partial charge in [0.15, 0.2) is 0 Å². The maximum atomic E-state index is 12.9. The lowest BCUT2D eigenvalue weighted by Gasteiger charge is -2.39. The van der Waals surface area contributed by atoms with Crippen molar-refractivity contribution in [3.8, 4) is 5.75 Å². The number of anilines is 1. The van der Waals surface area contributed by atoms with Crippen LogP contribution in [0.5, 0.6) is 5.75 Å². The zero-order valence-electron chi connectivity index (χ0n) is 16.3. The molecule has 1 spiro atoms. The molecule has 1 fully saturated rings. The van der Waals surface area contributed by atoms with Crippen LogP contribution in [0.15, 0.2) is 29.1 Å². The van der Waals surface area contributed by atoms with Crippen LogP contribution in [0.3, 0.4) is 0 Å². The monoisotopic (exact) mass is 382 g/mol. The third-order valence-corrected chi connectivity index (χ3v) is 5.87. The van der Waals surface area contributed by atoms with E-state index in [0.717, 1.165) is 42.7 Å². The van der Waals surface area contributed by atoms with Crippen molar-refractivity contribution in [1.82, 2.24) is 14.9 Å². The zero-order chi connectivity index (χ0) is 19.9. The summed E-state index contributed by atoms with van der Waals surface area (Å²) in [4.78, 5) is 34.0. The molecule has 7 nitrogen and oxygen atoms in total. The Morgan fingerprint density at radius 1 is 1.21 bits per heavy atom. The molecule has 0 saturated carbocycles. The fourth-order valence-electron chi connectivity index (χ4n) is 4.42. The molecule has 2 heterocycles. The molecule has 2 aliphatic rings. The van der Waals surface area contributed by atoms with Crippen LogP contribution in [0.4, 0.5) is 5.95 Å². The first-order valence-corrected chi connectivity index (χ1v) is 9.83. The molecule has 28 heavy (non-hydrogen) atoms. The molecule has 7 heteroatoms. The average Bonchev–Trinajstić information content (AvgIpc) is 3.00. The van der Waals surface area contributed by atoms with E-state index in [1.807, 2.05) is 43.0 Å². The second-order valence-corrected chi connectivity index (χ2v) is 8.04. The van der Waals surface area contributed by atoms with E-state index in [4.69, 9.17) is 10.5 Å². The van der Waals surface area contributed by atoms with Crippen molar-refractivity contribution in [2.24, 2.45) is 0 Å². The summed E-state index contributed by atoms with van der Waals surface area (Å²) in [6, 6.07) is 7.31. The maximum Gasteiger partial charge on any atom is 0.255 e. The molecule has 3 N–H and O–H groups in total. The van der Waals surface area contributed by atoms with Gasteiger partial charge in [0.1, 0.15) is 5.75 Å². The summed E-state index contributed by atoms with van der Waals surface area (Å²) in [5.41, 5.74) is 7.78. The van der Waals surface area contributed by atoms with Crippen molar-refractivity contribution < 1.29 is 9.53 Å². The lowest BCUT2D eigenvalue weighted by molar-refractivity contribution is 0.0663. The molecule has 1 aromatic carbocycles. The molecule has 1 aromatic heterocycles. The summed E-state index contributed by atoms with van der Waals surface area (Å²) in [5.74, 6) is 0.968. The SMILES string of the molecule is CC(C)Oc1ccc(C(=O)N2CCC3(CCc4c3nc(N)[nH]c4=O)CC2)cc1. The summed E-state index contributed by atoms with van der Waals surface area (Å²) >= 11 is 0. The molecule has 0 atom stereocenters. The third kappa shape index (κ3) is 3.25. The molecule has 1 saturated heterocycles. The van der Waals surface area contributed by atoms with Gasteiger partial charge >= 0.3 is 0 Å². The van der Waals surface area contributed by atoms with Gasteiger partial charge in [-0.05, 0) is 63.8 Å². The summed E-state index contributed by atoms with van der Waals surface area (Å²) in [6.07, 6.45) is 3.32. The van der Waals surface area contributed by atoms with Gasteiger partial charge in [0.05, 0.1) is 11.8 Å². The number of hydrogen-bond donors (Lipinski definition) is 2. The first-order valence-electron chi connectivity index (χ1n) is 9.83. The van der Waals surface area contributed by atoms with Crippen molar-refractivity contribution >= 4 is 11.9 Å². The van der Waals surface area contributed by atoms with Crippen molar-refractivity contribution in [1.29, 1.82) is 0 Å². The van der Waals surface area contributed by atoms with Crippen molar-refractivity contribution in [3.63, 3.8) is 0 Å². The van der Waals surface area contributed by atoms with Crippen LogP contribution in [-0.4, -0.2) is 40.0 Å². The second-order valence-electron chi connectivity index (χ2n) is 8.04. The molecule has 4 rings (SSSR count). The number of H-pyrrole nitrogens is 1.